The number of piperazine rings is 1. The largest absolute Gasteiger partial charge is 0.369 e. The third-order valence-electron chi connectivity index (χ3n) is 4.01. The molecule has 2 aromatic rings. The summed E-state index contributed by atoms with van der Waals surface area (Å²) < 4.78 is 14.5. The third kappa shape index (κ3) is 3.93. The van der Waals surface area contributed by atoms with E-state index in [1.165, 1.54) is 11.8 Å². The predicted molar refractivity (Wildman–Crippen MR) is 92.9 cm³/mol. The predicted octanol–water partition coefficient (Wildman–Crippen LogP) is 2.04. The lowest BCUT2D eigenvalue weighted by Crippen LogP contribution is -2.44. The summed E-state index contributed by atoms with van der Waals surface area (Å²) in [7, 11) is 2.09. The Kier molecular flexibility index (Phi) is 5.47. The standard InChI is InChI=1S/C16H20FN5OS/c1-21-5-7-22(8-6-21)12-3-4-13(14(17)11-12)15-18-16(20-19-15)24-10-2-9-23/h3-4,9,11H,2,5-8,10H2,1H3,(H,18,19,20). The van der Waals surface area contributed by atoms with Crippen LogP contribution in [0.25, 0.3) is 11.4 Å². The lowest BCUT2D eigenvalue weighted by molar-refractivity contribution is -0.107. The molecule has 1 aromatic carbocycles. The van der Waals surface area contributed by atoms with Gasteiger partial charge in [-0.1, -0.05) is 11.8 Å². The molecule has 1 aliphatic heterocycles. The number of likely N-dealkylation sites (N-methyl/N-ethyl adjacent to an activating group) is 1. The van der Waals surface area contributed by atoms with E-state index in [9.17, 15) is 9.18 Å². The van der Waals surface area contributed by atoms with Gasteiger partial charge in [0.05, 0.1) is 5.56 Å². The number of nitrogens with one attached hydrogen (secondary N) is 1. The van der Waals surface area contributed by atoms with E-state index in [0.717, 1.165) is 38.2 Å². The first kappa shape index (κ1) is 16.9. The molecule has 0 unspecified atom stereocenters. The van der Waals surface area contributed by atoms with Gasteiger partial charge in [0.15, 0.2) is 5.82 Å². The third-order valence-corrected chi connectivity index (χ3v) is 4.89. The molecule has 0 radical (unpaired) electrons. The molecular formula is C16H20FN5OS. The highest BCUT2D eigenvalue weighted by Gasteiger charge is 2.17. The minimum absolute atomic E-state index is 0.313. The second kappa shape index (κ2) is 7.76. The van der Waals surface area contributed by atoms with E-state index < -0.39 is 0 Å². The van der Waals surface area contributed by atoms with Gasteiger partial charge in [-0.25, -0.2) is 9.37 Å². The average molecular weight is 349 g/mol. The number of benzene rings is 1. The Bertz CT molecular complexity index is 700. The van der Waals surface area contributed by atoms with E-state index in [1.807, 2.05) is 6.07 Å². The number of hydrogen-bond donors (Lipinski definition) is 1. The van der Waals surface area contributed by atoms with E-state index in [2.05, 4.69) is 32.0 Å². The second-order valence-electron chi connectivity index (χ2n) is 5.72. The topological polar surface area (TPSA) is 65.1 Å². The number of H-pyrrole nitrogens is 1. The molecule has 6 nitrogen and oxygen atoms in total. The molecule has 0 aliphatic carbocycles. The molecule has 0 atom stereocenters. The van der Waals surface area contributed by atoms with Crippen LogP contribution in [0.1, 0.15) is 6.42 Å². The first-order chi connectivity index (χ1) is 11.7. The molecule has 0 amide bonds. The van der Waals surface area contributed by atoms with Gasteiger partial charge < -0.3 is 14.6 Å². The van der Waals surface area contributed by atoms with Crippen molar-refractivity contribution in [1.82, 2.24) is 20.1 Å². The number of aromatic amines is 1. The number of carbonyl (C=O) groups is 1. The maximum Gasteiger partial charge on any atom is 0.208 e. The molecule has 2 heterocycles. The van der Waals surface area contributed by atoms with Crippen LogP contribution in [0.5, 0.6) is 0 Å². The molecule has 24 heavy (non-hydrogen) atoms. The molecular weight excluding hydrogens is 329 g/mol. The molecule has 8 heteroatoms. The Morgan fingerprint density at radius 2 is 2.12 bits per heavy atom. The minimum Gasteiger partial charge on any atom is -0.369 e. The van der Waals surface area contributed by atoms with Crippen molar-refractivity contribution in [1.29, 1.82) is 0 Å². The molecule has 0 saturated carbocycles. The number of rotatable bonds is 6. The zero-order valence-corrected chi connectivity index (χ0v) is 14.4. The fourth-order valence-corrected chi connectivity index (χ4v) is 3.25. The molecule has 1 saturated heterocycles. The number of aldehydes is 1. The molecule has 1 aliphatic rings. The second-order valence-corrected chi connectivity index (χ2v) is 6.79. The van der Waals surface area contributed by atoms with Crippen molar-refractivity contribution in [2.75, 3.05) is 43.9 Å². The Morgan fingerprint density at radius 1 is 1.33 bits per heavy atom. The van der Waals surface area contributed by atoms with E-state index >= 15 is 0 Å². The first-order valence-corrected chi connectivity index (χ1v) is 8.88. The highest BCUT2D eigenvalue weighted by atomic mass is 32.2. The van der Waals surface area contributed by atoms with Crippen LogP contribution < -0.4 is 4.90 Å². The number of nitrogens with zero attached hydrogens (tertiary/aromatic N) is 4. The fourth-order valence-electron chi connectivity index (χ4n) is 2.59. The fraction of sp³-hybridized carbons (Fsp3) is 0.438. The molecule has 1 N–H and O–H groups in total. The summed E-state index contributed by atoms with van der Waals surface area (Å²) in [6.07, 6.45) is 1.31. The van der Waals surface area contributed by atoms with Crippen LogP contribution in [-0.4, -0.2) is 65.3 Å². The summed E-state index contributed by atoms with van der Waals surface area (Å²) in [6, 6.07) is 5.22. The quantitative estimate of drug-likeness (QED) is 0.489. The zero-order chi connectivity index (χ0) is 16.9. The Hall–Kier alpha value is -1.93. The number of anilines is 1. The summed E-state index contributed by atoms with van der Waals surface area (Å²) in [5.41, 5.74) is 1.30. The Morgan fingerprint density at radius 3 is 2.83 bits per heavy atom. The van der Waals surface area contributed by atoms with Crippen LogP contribution in [-0.2, 0) is 4.79 Å². The SMILES string of the molecule is CN1CCN(c2ccc(-c3nc(SCCC=O)n[nH]3)c(F)c2)CC1. The average Bonchev–Trinajstić information content (AvgIpc) is 3.04. The van der Waals surface area contributed by atoms with E-state index in [0.29, 0.717) is 28.7 Å². The molecule has 0 spiro atoms. The van der Waals surface area contributed by atoms with E-state index in [1.54, 1.807) is 12.1 Å². The van der Waals surface area contributed by atoms with Crippen LogP contribution in [0.4, 0.5) is 10.1 Å². The van der Waals surface area contributed by atoms with Gasteiger partial charge in [-0.05, 0) is 25.2 Å². The van der Waals surface area contributed by atoms with Crippen molar-refractivity contribution in [3.63, 3.8) is 0 Å². The summed E-state index contributed by atoms with van der Waals surface area (Å²) in [6.45, 7) is 3.75. The molecule has 3 rings (SSSR count). The van der Waals surface area contributed by atoms with Gasteiger partial charge in [0.1, 0.15) is 12.1 Å². The highest BCUT2D eigenvalue weighted by Crippen LogP contribution is 2.26. The van der Waals surface area contributed by atoms with Gasteiger partial charge in [-0.15, -0.1) is 5.10 Å². The maximum absolute atomic E-state index is 14.5. The molecule has 0 bridgehead atoms. The van der Waals surface area contributed by atoms with Gasteiger partial charge in [0, 0.05) is 44.0 Å². The van der Waals surface area contributed by atoms with Crippen LogP contribution in [0.2, 0.25) is 0 Å². The van der Waals surface area contributed by atoms with Gasteiger partial charge in [0.25, 0.3) is 0 Å². The first-order valence-electron chi connectivity index (χ1n) is 7.89. The summed E-state index contributed by atoms with van der Waals surface area (Å²) in [5, 5.41) is 7.34. The van der Waals surface area contributed by atoms with Crippen LogP contribution in [0.15, 0.2) is 23.4 Å². The van der Waals surface area contributed by atoms with Gasteiger partial charge >= 0.3 is 0 Å². The summed E-state index contributed by atoms with van der Waals surface area (Å²) in [5.74, 6) is 0.712. The van der Waals surface area contributed by atoms with Crippen molar-refractivity contribution in [2.45, 2.75) is 11.6 Å². The summed E-state index contributed by atoms with van der Waals surface area (Å²) >= 11 is 1.37. The normalized spacial score (nSPS) is 15.7. The van der Waals surface area contributed by atoms with Gasteiger partial charge in [-0.2, -0.15) is 0 Å². The summed E-state index contributed by atoms with van der Waals surface area (Å²) in [4.78, 5) is 19.1. The van der Waals surface area contributed by atoms with Crippen molar-refractivity contribution in [3.05, 3.63) is 24.0 Å². The molecule has 128 valence electrons. The lowest BCUT2D eigenvalue weighted by Gasteiger charge is -2.34. The van der Waals surface area contributed by atoms with Crippen molar-refractivity contribution in [2.24, 2.45) is 0 Å². The number of halogens is 1. The smallest absolute Gasteiger partial charge is 0.208 e. The number of carbonyl (C=O) groups excluding carboxylic acids is 1. The van der Waals surface area contributed by atoms with Crippen LogP contribution in [0, 0.1) is 5.82 Å². The maximum atomic E-state index is 14.5. The number of hydrogen-bond acceptors (Lipinski definition) is 6. The number of thioether (sulfide) groups is 1. The Labute approximate surface area is 144 Å². The van der Waals surface area contributed by atoms with Gasteiger partial charge in [0.2, 0.25) is 5.16 Å². The van der Waals surface area contributed by atoms with E-state index in [4.69, 9.17) is 0 Å². The van der Waals surface area contributed by atoms with E-state index in [-0.39, 0.29) is 5.82 Å². The molecule has 1 fully saturated rings. The Balaban J connectivity index is 1.71. The van der Waals surface area contributed by atoms with Crippen molar-refractivity contribution < 1.29 is 9.18 Å². The number of aromatic nitrogens is 3. The molecule has 1 aromatic heterocycles. The van der Waals surface area contributed by atoms with Crippen molar-refractivity contribution in [3.8, 4) is 11.4 Å². The zero-order valence-electron chi connectivity index (χ0n) is 13.5. The van der Waals surface area contributed by atoms with Gasteiger partial charge in [-0.3, -0.25) is 5.10 Å². The minimum atomic E-state index is -0.313. The van der Waals surface area contributed by atoms with Crippen molar-refractivity contribution >= 4 is 23.7 Å². The lowest BCUT2D eigenvalue weighted by atomic mass is 10.1. The van der Waals surface area contributed by atoms with Crippen LogP contribution in [0.3, 0.4) is 0 Å². The van der Waals surface area contributed by atoms with Crippen LogP contribution >= 0.6 is 11.8 Å². The highest BCUT2D eigenvalue weighted by molar-refractivity contribution is 7.99. The monoisotopic (exact) mass is 349 g/mol.